The molecule has 0 bridgehead atoms. The summed E-state index contributed by atoms with van der Waals surface area (Å²) >= 11 is 0. The van der Waals surface area contributed by atoms with E-state index in [0.717, 1.165) is 51.9 Å². The Kier molecular flexibility index (Phi) is 8.33. The lowest BCUT2D eigenvalue weighted by molar-refractivity contribution is -0.196. The second-order valence-corrected chi connectivity index (χ2v) is 16.4. The van der Waals surface area contributed by atoms with Crippen molar-refractivity contribution < 1.29 is 33.2 Å². The number of anilines is 1. The van der Waals surface area contributed by atoms with Crippen LogP contribution in [-0.2, 0) is 15.9 Å². The SMILES string of the molecule is CCc1c(F)ccc2cc(O)cc(-c3ncc4c(N5CCOC[C@@](C)(O)C5)nc(OC[C@]56CCC[C@H]5N(C5CC7(COC7)C5)CCC6)nc4c3F)c12. The summed E-state index contributed by atoms with van der Waals surface area (Å²) in [6, 6.07) is 6.99. The van der Waals surface area contributed by atoms with Crippen LogP contribution in [-0.4, -0.2) is 100 Å². The number of aromatic nitrogens is 3. The third-order valence-corrected chi connectivity index (χ3v) is 12.6. The number of phenolic OH excluding ortho intramolecular Hbond substituents is 1. The molecule has 0 unspecified atom stereocenters. The summed E-state index contributed by atoms with van der Waals surface area (Å²) in [4.78, 5) is 18.8. The number of β-amino-alcohol motifs (C(OH)–C–C–N with tert-alkyl or cyclic N) is 1. The van der Waals surface area contributed by atoms with Crippen molar-refractivity contribution in [3.05, 3.63) is 47.7 Å². The Morgan fingerprint density at radius 3 is 2.65 bits per heavy atom. The quantitative estimate of drug-likeness (QED) is 0.230. The maximum atomic E-state index is 17.1. The van der Waals surface area contributed by atoms with Gasteiger partial charge in [0.15, 0.2) is 5.82 Å². The minimum Gasteiger partial charge on any atom is -0.508 e. The van der Waals surface area contributed by atoms with Gasteiger partial charge in [0.2, 0.25) is 0 Å². The van der Waals surface area contributed by atoms with Crippen molar-refractivity contribution in [1.29, 1.82) is 0 Å². The van der Waals surface area contributed by atoms with Crippen molar-refractivity contribution in [3.8, 4) is 23.0 Å². The Labute approximate surface area is 302 Å². The van der Waals surface area contributed by atoms with Crippen LogP contribution in [0.4, 0.5) is 14.6 Å². The van der Waals surface area contributed by atoms with Gasteiger partial charge >= 0.3 is 6.01 Å². The molecule has 5 fully saturated rings. The molecule has 10 nitrogen and oxygen atoms in total. The van der Waals surface area contributed by atoms with E-state index >= 15 is 8.78 Å². The van der Waals surface area contributed by atoms with Crippen LogP contribution in [0.3, 0.4) is 0 Å². The number of aromatic hydroxyl groups is 1. The monoisotopic (exact) mass is 715 g/mol. The zero-order valence-corrected chi connectivity index (χ0v) is 30.0. The number of aryl methyl sites for hydroxylation is 1. The van der Waals surface area contributed by atoms with Gasteiger partial charge in [-0.05, 0) is 92.9 Å². The number of rotatable bonds is 7. The lowest BCUT2D eigenvalue weighted by Gasteiger charge is -2.60. The Hall–Kier alpha value is -3.71. The van der Waals surface area contributed by atoms with Gasteiger partial charge in [-0.3, -0.25) is 9.88 Å². The van der Waals surface area contributed by atoms with E-state index in [-0.39, 0.29) is 47.1 Å². The maximum absolute atomic E-state index is 17.1. The van der Waals surface area contributed by atoms with Gasteiger partial charge in [-0.2, -0.15) is 9.97 Å². The molecule has 2 aromatic carbocycles. The summed E-state index contributed by atoms with van der Waals surface area (Å²) in [7, 11) is 0. The van der Waals surface area contributed by atoms with Gasteiger partial charge < -0.3 is 29.3 Å². The largest absolute Gasteiger partial charge is 0.508 e. The second-order valence-electron chi connectivity index (χ2n) is 16.4. The highest BCUT2D eigenvalue weighted by atomic mass is 19.1. The fraction of sp³-hybridized carbons (Fsp3) is 0.575. The summed E-state index contributed by atoms with van der Waals surface area (Å²) in [5, 5.41) is 23.2. The molecular weight excluding hydrogens is 668 g/mol. The molecule has 276 valence electrons. The molecule has 2 aromatic heterocycles. The topological polar surface area (TPSA) is 113 Å². The van der Waals surface area contributed by atoms with E-state index in [1.54, 1.807) is 19.1 Å². The Morgan fingerprint density at radius 1 is 1.04 bits per heavy atom. The van der Waals surface area contributed by atoms with Crippen LogP contribution in [0.2, 0.25) is 0 Å². The first-order chi connectivity index (χ1) is 25.1. The number of nitrogens with zero attached hydrogens (tertiary/aromatic N) is 5. The molecule has 2 aliphatic carbocycles. The summed E-state index contributed by atoms with van der Waals surface area (Å²) in [5.41, 5.74) is -0.170. The number of likely N-dealkylation sites (tertiary alicyclic amines) is 1. The molecule has 3 aliphatic heterocycles. The van der Waals surface area contributed by atoms with E-state index < -0.39 is 17.2 Å². The fourth-order valence-corrected chi connectivity index (χ4v) is 10.1. The third-order valence-electron chi connectivity index (χ3n) is 12.6. The number of benzene rings is 2. The van der Waals surface area contributed by atoms with Crippen LogP contribution < -0.4 is 9.64 Å². The van der Waals surface area contributed by atoms with Gasteiger partial charge in [-0.15, -0.1) is 0 Å². The average molecular weight is 716 g/mol. The molecule has 3 atom stereocenters. The van der Waals surface area contributed by atoms with Crippen LogP contribution in [0.15, 0.2) is 30.5 Å². The maximum Gasteiger partial charge on any atom is 0.319 e. The van der Waals surface area contributed by atoms with E-state index in [4.69, 9.17) is 24.2 Å². The van der Waals surface area contributed by atoms with Crippen LogP contribution in [0.5, 0.6) is 11.8 Å². The number of fused-ring (bicyclic) bond motifs is 3. The number of halogens is 2. The fourth-order valence-electron chi connectivity index (χ4n) is 10.1. The van der Waals surface area contributed by atoms with Crippen molar-refractivity contribution in [1.82, 2.24) is 19.9 Å². The number of hydrogen-bond donors (Lipinski definition) is 2. The first kappa shape index (κ1) is 34.1. The van der Waals surface area contributed by atoms with Crippen LogP contribution in [0.1, 0.15) is 64.4 Å². The molecule has 3 saturated heterocycles. The van der Waals surface area contributed by atoms with Crippen molar-refractivity contribution in [3.63, 3.8) is 0 Å². The van der Waals surface area contributed by atoms with E-state index in [1.165, 1.54) is 31.2 Å². The molecule has 0 radical (unpaired) electrons. The Balaban J connectivity index is 1.11. The number of hydrogen-bond acceptors (Lipinski definition) is 10. The highest BCUT2D eigenvalue weighted by Gasteiger charge is 2.56. The van der Waals surface area contributed by atoms with Gasteiger partial charge in [0.05, 0.1) is 45.0 Å². The average Bonchev–Trinajstić information content (AvgIpc) is 3.43. The zero-order valence-electron chi connectivity index (χ0n) is 30.0. The second kappa shape index (κ2) is 12.7. The molecule has 0 amide bonds. The Morgan fingerprint density at radius 2 is 1.87 bits per heavy atom. The highest BCUT2D eigenvalue weighted by Crippen LogP contribution is 2.55. The summed E-state index contributed by atoms with van der Waals surface area (Å²) in [5.74, 6) is -0.806. The predicted molar refractivity (Wildman–Crippen MR) is 193 cm³/mol. The minimum absolute atomic E-state index is 0.00831. The molecular formula is C40H47F2N5O5. The van der Waals surface area contributed by atoms with E-state index in [0.29, 0.717) is 71.2 Å². The Bertz CT molecular complexity index is 2030. The van der Waals surface area contributed by atoms with Crippen molar-refractivity contribution >= 4 is 27.5 Å². The minimum atomic E-state index is -1.17. The molecule has 2 N–H and O–H groups in total. The number of ether oxygens (including phenoxy) is 3. The van der Waals surface area contributed by atoms with Gasteiger partial charge in [0.25, 0.3) is 0 Å². The van der Waals surface area contributed by atoms with Crippen molar-refractivity contribution in [2.45, 2.75) is 82.9 Å². The third kappa shape index (κ3) is 5.68. The molecule has 2 saturated carbocycles. The van der Waals surface area contributed by atoms with Gasteiger partial charge in [-0.1, -0.05) is 19.4 Å². The number of pyridine rings is 1. The number of phenols is 1. The lowest BCUT2D eigenvalue weighted by Crippen LogP contribution is -2.64. The van der Waals surface area contributed by atoms with Crippen molar-refractivity contribution in [2.24, 2.45) is 10.8 Å². The highest BCUT2D eigenvalue weighted by molar-refractivity contribution is 6.01. The first-order valence-corrected chi connectivity index (χ1v) is 18.9. The summed E-state index contributed by atoms with van der Waals surface area (Å²) in [6.07, 6.45) is 9.81. The van der Waals surface area contributed by atoms with Gasteiger partial charge in [-0.25, -0.2) is 8.78 Å². The summed E-state index contributed by atoms with van der Waals surface area (Å²) in [6.45, 7) is 7.98. The van der Waals surface area contributed by atoms with Crippen LogP contribution in [0.25, 0.3) is 32.9 Å². The molecule has 4 aromatic rings. The number of piperidine rings is 1. The van der Waals surface area contributed by atoms with Gasteiger partial charge in [0.1, 0.15) is 34.2 Å². The standard InChI is InChI=1S/C40H47F2N5O5/c1-3-27-30(41)8-7-24-14-26(48)15-28(32(24)27)34-33(42)35-29(18-43-34)36(46-12-13-50-20-38(2,49)19-46)45-37(44-35)52-23-40-9-4-6-31(40)47(11-5-10-40)25-16-39(17-25)21-51-22-39/h7-8,14-15,18,25,31,48-49H,3-6,9-13,16-17,19-23H2,1-2H3/t31-,38+,40-/m1/s1. The molecule has 9 rings (SSSR count). The van der Waals surface area contributed by atoms with Gasteiger partial charge in [0, 0.05) is 41.2 Å². The smallest absolute Gasteiger partial charge is 0.319 e. The zero-order chi connectivity index (χ0) is 35.8. The van der Waals surface area contributed by atoms with E-state index in [1.807, 2.05) is 11.8 Å². The normalized spacial score (nSPS) is 27.8. The molecule has 1 spiro atoms. The number of aliphatic hydroxyl groups is 1. The molecule has 5 heterocycles. The predicted octanol–water partition coefficient (Wildman–Crippen LogP) is 6.17. The molecule has 52 heavy (non-hydrogen) atoms. The molecule has 5 aliphatic rings. The summed E-state index contributed by atoms with van der Waals surface area (Å²) < 4.78 is 50.1. The van der Waals surface area contributed by atoms with E-state index in [2.05, 4.69) is 9.88 Å². The van der Waals surface area contributed by atoms with Crippen molar-refractivity contribution in [2.75, 3.05) is 57.6 Å². The lowest BCUT2D eigenvalue weighted by atomic mass is 9.62. The van der Waals surface area contributed by atoms with E-state index in [9.17, 15) is 10.2 Å². The molecule has 12 heteroatoms. The van der Waals surface area contributed by atoms with Crippen LogP contribution >= 0.6 is 0 Å². The van der Waals surface area contributed by atoms with Crippen LogP contribution in [0, 0.1) is 22.5 Å². The first-order valence-electron chi connectivity index (χ1n) is 18.9.